The van der Waals surface area contributed by atoms with E-state index in [9.17, 15) is 0 Å². The summed E-state index contributed by atoms with van der Waals surface area (Å²) in [6.45, 7) is 1.90. The predicted octanol–water partition coefficient (Wildman–Crippen LogP) is 3.13. The monoisotopic (exact) mass is 302 g/mol. The van der Waals surface area contributed by atoms with Crippen LogP contribution in [0.3, 0.4) is 0 Å². The Balaban J connectivity index is 1.92. The normalized spacial score (nSPS) is 18.5. The van der Waals surface area contributed by atoms with Crippen LogP contribution in [0, 0.1) is 0 Å². The lowest BCUT2D eigenvalue weighted by atomic mass is 9.93. The average molecular weight is 303 g/mol. The molecule has 1 heterocycles. The molecule has 2 aromatic carbocycles. The van der Waals surface area contributed by atoms with Gasteiger partial charge in [0.1, 0.15) is 0 Å². The Morgan fingerprint density at radius 3 is 2.67 bits per heavy atom. The minimum atomic E-state index is 0.130. The summed E-state index contributed by atoms with van der Waals surface area (Å²) in [7, 11) is 0. The maximum absolute atomic E-state index is 9.04. The van der Waals surface area contributed by atoms with Crippen LogP contribution in [0.5, 0.6) is 0 Å². The average Bonchev–Trinajstić information content (AvgIpc) is 2.53. The van der Waals surface area contributed by atoms with Gasteiger partial charge in [-0.05, 0) is 35.2 Å². The molecule has 1 atom stereocenters. The van der Waals surface area contributed by atoms with E-state index < -0.39 is 0 Å². The summed E-state index contributed by atoms with van der Waals surface area (Å²) in [6.07, 6.45) is 0.766. The number of hydrogen-bond acceptors (Lipinski definition) is 3. The first-order valence-electron chi connectivity index (χ1n) is 7.23. The molecular formula is C17H19ClN2O. The zero-order valence-electron chi connectivity index (χ0n) is 11.8. The van der Waals surface area contributed by atoms with Crippen molar-refractivity contribution in [2.75, 3.05) is 13.2 Å². The Morgan fingerprint density at radius 2 is 1.90 bits per heavy atom. The first-order chi connectivity index (χ1) is 10.3. The number of hydrazine groups is 1. The Morgan fingerprint density at radius 1 is 1.14 bits per heavy atom. The molecular weight excluding hydrogens is 284 g/mol. The van der Waals surface area contributed by atoms with E-state index in [1.165, 1.54) is 16.7 Å². The second-order valence-electron chi connectivity index (χ2n) is 5.31. The maximum Gasteiger partial charge on any atom is 0.0718 e. The second-order valence-corrected chi connectivity index (χ2v) is 5.75. The summed E-state index contributed by atoms with van der Waals surface area (Å²) in [5, 5.41) is 12.0. The van der Waals surface area contributed by atoms with Crippen molar-refractivity contribution in [2.24, 2.45) is 0 Å². The lowest BCUT2D eigenvalue weighted by Crippen LogP contribution is -2.45. The smallest absolute Gasteiger partial charge is 0.0718 e. The number of benzene rings is 2. The molecule has 0 bridgehead atoms. The molecule has 0 radical (unpaired) electrons. The lowest BCUT2D eigenvalue weighted by Gasteiger charge is -2.36. The minimum Gasteiger partial charge on any atom is -0.396 e. The molecule has 0 aromatic heterocycles. The van der Waals surface area contributed by atoms with Crippen molar-refractivity contribution in [3.05, 3.63) is 70.2 Å². The third-order valence-corrected chi connectivity index (χ3v) is 4.08. The molecule has 110 valence electrons. The van der Waals surface area contributed by atoms with E-state index in [-0.39, 0.29) is 12.6 Å². The fourth-order valence-corrected chi connectivity index (χ4v) is 2.90. The van der Waals surface area contributed by atoms with Crippen LogP contribution in [-0.2, 0) is 6.54 Å². The summed E-state index contributed by atoms with van der Waals surface area (Å²) in [5.74, 6) is 0. The SMILES string of the molecule is OCCCN1Cc2ccccc2C(c2ccc(Cl)cc2)N1. The van der Waals surface area contributed by atoms with E-state index in [1.54, 1.807) is 0 Å². The molecule has 2 N–H and O–H groups in total. The second kappa shape index (κ2) is 6.58. The Labute approximate surface area is 130 Å². The molecule has 1 aliphatic heterocycles. The van der Waals surface area contributed by atoms with Crippen molar-refractivity contribution in [1.29, 1.82) is 0 Å². The van der Waals surface area contributed by atoms with Gasteiger partial charge in [-0.1, -0.05) is 48.0 Å². The van der Waals surface area contributed by atoms with Gasteiger partial charge in [0.2, 0.25) is 0 Å². The number of rotatable bonds is 4. The van der Waals surface area contributed by atoms with Crippen molar-refractivity contribution in [3.63, 3.8) is 0 Å². The summed E-state index contributed by atoms with van der Waals surface area (Å²) in [4.78, 5) is 0. The molecule has 1 unspecified atom stereocenters. The number of hydrogen-bond donors (Lipinski definition) is 2. The van der Waals surface area contributed by atoms with Crippen LogP contribution in [0.15, 0.2) is 48.5 Å². The topological polar surface area (TPSA) is 35.5 Å². The Bertz CT molecular complexity index is 600. The van der Waals surface area contributed by atoms with Crippen LogP contribution < -0.4 is 5.43 Å². The molecule has 0 spiro atoms. The van der Waals surface area contributed by atoms with E-state index in [0.29, 0.717) is 0 Å². The zero-order chi connectivity index (χ0) is 14.7. The first-order valence-corrected chi connectivity index (χ1v) is 7.61. The largest absolute Gasteiger partial charge is 0.396 e. The Hall–Kier alpha value is -1.39. The molecule has 21 heavy (non-hydrogen) atoms. The highest BCUT2D eigenvalue weighted by Gasteiger charge is 2.25. The summed E-state index contributed by atoms with van der Waals surface area (Å²) in [5.41, 5.74) is 7.39. The fraction of sp³-hybridized carbons (Fsp3) is 0.294. The van der Waals surface area contributed by atoms with Crippen molar-refractivity contribution in [1.82, 2.24) is 10.4 Å². The molecule has 3 nitrogen and oxygen atoms in total. The van der Waals surface area contributed by atoms with Crippen molar-refractivity contribution in [2.45, 2.75) is 19.0 Å². The lowest BCUT2D eigenvalue weighted by molar-refractivity contribution is 0.129. The van der Waals surface area contributed by atoms with Gasteiger partial charge in [-0.25, -0.2) is 10.4 Å². The molecule has 1 aliphatic rings. The Kier molecular flexibility index (Phi) is 4.56. The number of aliphatic hydroxyl groups excluding tert-OH is 1. The number of nitrogens with zero attached hydrogens (tertiary/aromatic N) is 1. The maximum atomic E-state index is 9.04. The van der Waals surface area contributed by atoms with Gasteiger partial charge in [0, 0.05) is 24.7 Å². The molecule has 0 amide bonds. The minimum absolute atomic E-state index is 0.130. The van der Waals surface area contributed by atoms with Gasteiger partial charge in [0.25, 0.3) is 0 Å². The van der Waals surface area contributed by atoms with Gasteiger partial charge >= 0.3 is 0 Å². The fourth-order valence-electron chi connectivity index (χ4n) is 2.78. The molecule has 0 saturated heterocycles. The van der Waals surface area contributed by atoms with Crippen LogP contribution in [0.25, 0.3) is 0 Å². The van der Waals surface area contributed by atoms with Crippen LogP contribution in [0.1, 0.15) is 29.2 Å². The number of nitrogens with one attached hydrogen (secondary N) is 1. The van der Waals surface area contributed by atoms with Crippen molar-refractivity contribution >= 4 is 11.6 Å². The highest BCUT2D eigenvalue weighted by atomic mass is 35.5. The summed E-state index contributed by atoms with van der Waals surface area (Å²) in [6, 6.07) is 16.6. The zero-order valence-corrected chi connectivity index (χ0v) is 12.6. The highest BCUT2D eigenvalue weighted by molar-refractivity contribution is 6.30. The first kappa shape index (κ1) is 14.5. The molecule has 2 aromatic rings. The highest BCUT2D eigenvalue weighted by Crippen LogP contribution is 2.30. The summed E-state index contributed by atoms with van der Waals surface area (Å²) >= 11 is 5.99. The van der Waals surface area contributed by atoms with Gasteiger partial charge in [0.05, 0.1) is 6.04 Å². The third-order valence-electron chi connectivity index (χ3n) is 3.83. The van der Waals surface area contributed by atoms with Gasteiger partial charge < -0.3 is 5.11 Å². The van der Waals surface area contributed by atoms with Crippen LogP contribution >= 0.6 is 11.6 Å². The van der Waals surface area contributed by atoms with E-state index in [0.717, 1.165) is 24.5 Å². The van der Waals surface area contributed by atoms with Gasteiger partial charge in [-0.15, -0.1) is 0 Å². The van der Waals surface area contributed by atoms with E-state index >= 15 is 0 Å². The van der Waals surface area contributed by atoms with E-state index in [2.05, 4.69) is 46.8 Å². The summed E-state index contributed by atoms with van der Waals surface area (Å²) < 4.78 is 0. The molecule has 4 heteroatoms. The number of fused-ring (bicyclic) bond motifs is 1. The van der Waals surface area contributed by atoms with Crippen molar-refractivity contribution < 1.29 is 5.11 Å². The van der Waals surface area contributed by atoms with Gasteiger partial charge in [0.15, 0.2) is 0 Å². The van der Waals surface area contributed by atoms with Crippen molar-refractivity contribution in [3.8, 4) is 0 Å². The molecule has 3 rings (SSSR count). The molecule has 0 aliphatic carbocycles. The number of halogens is 1. The third kappa shape index (κ3) is 3.27. The number of aliphatic hydroxyl groups is 1. The molecule has 0 fully saturated rings. The van der Waals surface area contributed by atoms with Crippen LogP contribution in [0.4, 0.5) is 0 Å². The quantitative estimate of drug-likeness (QED) is 0.911. The standard InChI is InChI=1S/C17H19ClN2O/c18-15-8-6-13(7-9-15)17-16-5-2-1-4-14(16)12-20(19-17)10-3-11-21/h1-2,4-9,17,19,21H,3,10-12H2. The molecule has 0 saturated carbocycles. The van der Waals surface area contributed by atoms with Crippen LogP contribution in [0.2, 0.25) is 5.02 Å². The van der Waals surface area contributed by atoms with E-state index in [1.807, 2.05) is 12.1 Å². The van der Waals surface area contributed by atoms with Gasteiger partial charge in [-0.3, -0.25) is 0 Å². The van der Waals surface area contributed by atoms with Gasteiger partial charge in [-0.2, -0.15) is 0 Å². The predicted molar refractivity (Wildman–Crippen MR) is 85.0 cm³/mol. The van der Waals surface area contributed by atoms with Crippen LogP contribution in [-0.4, -0.2) is 23.3 Å². The van der Waals surface area contributed by atoms with E-state index in [4.69, 9.17) is 16.7 Å².